The standard InChI is InChI=1S/C15H14N2O2S2/c1-19-12(10-6-7-20-9-10)8-16-14(18)15-17-11-4-2-3-5-13(11)21-15/h2-7,9,12H,8H2,1H3,(H,16,18). The molecule has 1 N–H and O–H groups in total. The van der Waals surface area contributed by atoms with Gasteiger partial charge in [0.1, 0.15) is 6.10 Å². The normalized spacial score (nSPS) is 12.4. The number of aromatic nitrogens is 1. The summed E-state index contributed by atoms with van der Waals surface area (Å²) in [5, 5.41) is 7.39. The number of ether oxygens (including phenoxy) is 1. The SMILES string of the molecule is COC(CNC(=O)c1nc2ccccc2s1)c1ccsc1. The Bertz CT molecular complexity index is 704. The van der Waals surface area contributed by atoms with Gasteiger partial charge in [0.15, 0.2) is 5.01 Å². The molecular formula is C15H14N2O2S2. The molecule has 2 heterocycles. The van der Waals surface area contributed by atoms with Gasteiger partial charge in [-0.15, -0.1) is 11.3 Å². The molecule has 1 unspecified atom stereocenters. The molecule has 0 aliphatic carbocycles. The lowest BCUT2D eigenvalue weighted by Crippen LogP contribution is -2.28. The lowest BCUT2D eigenvalue weighted by atomic mass is 10.2. The van der Waals surface area contributed by atoms with Gasteiger partial charge in [0.05, 0.1) is 10.2 Å². The number of amides is 1. The maximum Gasteiger partial charge on any atom is 0.280 e. The van der Waals surface area contributed by atoms with Gasteiger partial charge in [-0.2, -0.15) is 11.3 Å². The molecule has 6 heteroatoms. The van der Waals surface area contributed by atoms with Crippen LogP contribution in [0.15, 0.2) is 41.1 Å². The van der Waals surface area contributed by atoms with E-state index in [0.717, 1.165) is 15.8 Å². The molecule has 0 fully saturated rings. The fourth-order valence-corrected chi connectivity index (χ4v) is 3.61. The van der Waals surface area contributed by atoms with E-state index < -0.39 is 0 Å². The molecule has 4 nitrogen and oxygen atoms in total. The van der Waals surface area contributed by atoms with Crippen molar-refractivity contribution in [3.8, 4) is 0 Å². The molecule has 21 heavy (non-hydrogen) atoms. The van der Waals surface area contributed by atoms with Crippen molar-refractivity contribution in [2.45, 2.75) is 6.10 Å². The van der Waals surface area contributed by atoms with Crippen LogP contribution in [0.25, 0.3) is 10.2 Å². The quantitative estimate of drug-likeness (QED) is 0.783. The highest BCUT2D eigenvalue weighted by Crippen LogP contribution is 2.22. The molecule has 0 aliphatic rings. The van der Waals surface area contributed by atoms with Crippen molar-refractivity contribution in [3.63, 3.8) is 0 Å². The number of methoxy groups -OCH3 is 1. The first-order valence-corrected chi connectivity index (χ1v) is 8.22. The maximum absolute atomic E-state index is 12.2. The Morgan fingerprint density at radius 3 is 2.95 bits per heavy atom. The first-order chi connectivity index (χ1) is 10.3. The topological polar surface area (TPSA) is 51.2 Å². The summed E-state index contributed by atoms with van der Waals surface area (Å²) in [6.07, 6.45) is -0.130. The van der Waals surface area contributed by atoms with Gasteiger partial charge in [-0.3, -0.25) is 4.79 Å². The first kappa shape index (κ1) is 14.2. The molecule has 0 bridgehead atoms. The Kier molecular flexibility index (Phi) is 4.28. The Balaban J connectivity index is 1.68. The Morgan fingerprint density at radius 2 is 2.24 bits per heavy atom. The van der Waals surface area contributed by atoms with Crippen LogP contribution in [0.3, 0.4) is 0 Å². The average molecular weight is 318 g/mol. The summed E-state index contributed by atoms with van der Waals surface area (Å²) >= 11 is 3.01. The average Bonchev–Trinajstić information content (AvgIpc) is 3.16. The summed E-state index contributed by atoms with van der Waals surface area (Å²) in [5.41, 5.74) is 1.93. The molecule has 3 rings (SSSR count). The molecule has 0 saturated heterocycles. The Morgan fingerprint density at radius 1 is 1.38 bits per heavy atom. The van der Waals surface area contributed by atoms with Crippen molar-refractivity contribution in [1.29, 1.82) is 0 Å². The predicted molar refractivity (Wildman–Crippen MR) is 86.0 cm³/mol. The number of thiazole rings is 1. The van der Waals surface area contributed by atoms with E-state index in [1.54, 1.807) is 18.4 Å². The molecule has 108 valence electrons. The van der Waals surface area contributed by atoms with Gasteiger partial charge in [0.25, 0.3) is 5.91 Å². The number of nitrogens with zero attached hydrogens (tertiary/aromatic N) is 1. The Labute approximate surface area is 130 Å². The van der Waals surface area contributed by atoms with Crippen molar-refractivity contribution in [2.24, 2.45) is 0 Å². The number of nitrogens with one attached hydrogen (secondary N) is 1. The van der Waals surface area contributed by atoms with E-state index in [-0.39, 0.29) is 12.0 Å². The van der Waals surface area contributed by atoms with Gasteiger partial charge in [0, 0.05) is 13.7 Å². The second-order valence-corrected chi connectivity index (χ2v) is 6.29. The minimum Gasteiger partial charge on any atom is -0.375 e. The molecule has 2 aromatic heterocycles. The number of benzene rings is 1. The third kappa shape index (κ3) is 3.12. The maximum atomic E-state index is 12.2. The van der Waals surface area contributed by atoms with Crippen LogP contribution in [-0.2, 0) is 4.74 Å². The number of para-hydroxylation sites is 1. The number of fused-ring (bicyclic) bond motifs is 1. The number of hydrogen-bond donors (Lipinski definition) is 1. The molecule has 1 amide bonds. The second-order valence-electron chi connectivity index (χ2n) is 4.48. The van der Waals surface area contributed by atoms with Crippen molar-refractivity contribution < 1.29 is 9.53 Å². The largest absolute Gasteiger partial charge is 0.375 e. The van der Waals surface area contributed by atoms with E-state index in [2.05, 4.69) is 10.3 Å². The molecule has 1 aromatic carbocycles. The van der Waals surface area contributed by atoms with Crippen LogP contribution in [0.5, 0.6) is 0 Å². The fourth-order valence-electron chi connectivity index (χ4n) is 2.03. The fraction of sp³-hybridized carbons (Fsp3) is 0.200. The molecule has 0 saturated carbocycles. The zero-order valence-electron chi connectivity index (χ0n) is 11.4. The summed E-state index contributed by atoms with van der Waals surface area (Å²) in [5.74, 6) is -0.159. The van der Waals surface area contributed by atoms with E-state index in [0.29, 0.717) is 11.6 Å². The van der Waals surface area contributed by atoms with Crippen LogP contribution in [-0.4, -0.2) is 24.5 Å². The zero-order valence-corrected chi connectivity index (χ0v) is 13.0. The van der Waals surface area contributed by atoms with Crippen LogP contribution in [0.2, 0.25) is 0 Å². The predicted octanol–water partition coefficient (Wildman–Crippen LogP) is 3.48. The highest BCUT2D eigenvalue weighted by molar-refractivity contribution is 7.20. The molecule has 1 atom stereocenters. The third-order valence-corrected chi connectivity index (χ3v) is 4.87. The highest BCUT2D eigenvalue weighted by Gasteiger charge is 2.16. The summed E-state index contributed by atoms with van der Waals surface area (Å²) < 4.78 is 6.43. The van der Waals surface area contributed by atoms with E-state index in [9.17, 15) is 4.79 Å². The molecule has 3 aromatic rings. The van der Waals surface area contributed by atoms with Crippen LogP contribution in [0.1, 0.15) is 21.5 Å². The molecule has 0 spiro atoms. The summed E-state index contributed by atoms with van der Waals surface area (Å²) in [6, 6.07) is 9.74. The summed E-state index contributed by atoms with van der Waals surface area (Å²) in [6.45, 7) is 0.433. The van der Waals surface area contributed by atoms with Gasteiger partial charge in [-0.05, 0) is 34.5 Å². The van der Waals surface area contributed by atoms with Gasteiger partial charge in [-0.25, -0.2) is 4.98 Å². The lowest BCUT2D eigenvalue weighted by Gasteiger charge is -2.14. The van der Waals surface area contributed by atoms with Crippen LogP contribution in [0.4, 0.5) is 0 Å². The molecule has 0 aliphatic heterocycles. The van der Waals surface area contributed by atoms with E-state index in [1.165, 1.54) is 11.3 Å². The summed E-state index contributed by atoms with van der Waals surface area (Å²) in [4.78, 5) is 16.5. The second kappa shape index (κ2) is 6.34. The molecular weight excluding hydrogens is 304 g/mol. The lowest BCUT2D eigenvalue weighted by molar-refractivity contribution is 0.0829. The van der Waals surface area contributed by atoms with E-state index in [4.69, 9.17) is 4.74 Å². The van der Waals surface area contributed by atoms with E-state index in [1.807, 2.05) is 41.1 Å². The zero-order chi connectivity index (χ0) is 14.7. The van der Waals surface area contributed by atoms with Crippen molar-refractivity contribution in [2.75, 3.05) is 13.7 Å². The Hall–Kier alpha value is -1.76. The number of carbonyl (C=O) groups excluding carboxylic acids is 1. The van der Waals surface area contributed by atoms with E-state index >= 15 is 0 Å². The van der Waals surface area contributed by atoms with Crippen LogP contribution < -0.4 is 5.32 Å². The van der Waals surface area contributed by atoms with Crippen LogP contribution in [0, 0.1) is 0 Å². The number of hydrogen-bond acceptors (Lipinski definition) is 5. The van der Waals surface area contributed by atoms with Crippen molar-refractivity contribution in [3.05, 3.63) is 51.7 Å². The third-order valence-electron chi connectivity index (χ3n) is 3.14. The summed E-state index contributed by atoms with van der Waals surface area (Å²) in [7, 11) is 1.65. The highest BCUT2D eigenvalue weighted by atomic mass is 32.1. The van der Waals surface area contributed by atoms with Crippen LogP contribution >= 0.6 is 22.7 Å². The van der Waals surface area contributed by atoms with Crippen molar-refractivity contribution in [1.82, 2.24) is 10.3 Å². The molecule has 0 radical (unpaired) electrons. The van der Waals surface area contributed by atoms with Gasteiger partial charge in [-0.1, -0.05) is 12.1 Å². The monoisotopic (exact) mass is 318 g/mol. The van der Waals surface area contributed by atoms with Crippen molar-refractivity contribution >= 4 is 38.8 Å². The smallest absolute Gasteiger partial charge is 0.280 e. The first-order valence-electron chi connectivity index (χ1n) is 6.46. The van der Waals surface area contributed by atoms with Gasteiger partial charge < -0.3 is 10.1 Å². The number of rotatable bonds is 5. The number of thiophene rings is 1. The minimum absolute atomic E-state index is 0.130. The van der Waals surface area contributed by atoms with Gasteiger partial charge >= 0.3 is 0 Å². The number of carbonyl (C=O) groups is 1. The van der Waals surface area contributed by atoms with Gasteiger partial charge in [0.2, 0.25) is 0 Å². The minimum atomic E-state index is -0.159.